The van der Waals surface area contributed by atoms with Crippen molar-refractivity contribution in [1.82, 2.24) is 9.55 Å². The molecule has 3 aromatic carbocycles. The van der Waals surface area contributed by atoms with Gasteiger partial charge in [-0.15, -0.1) is 11.3 Å². The lowest BCUT2D eigenvalue weighted by atomic mass is 10.1. The maximum atomic E-state index is 13.5. The molecule has 5 rings (SSSR count). The van der Waals surface area contributed by atoms with E-state index in [1.165, 1.54) is 52.5 Å². The molecule has 0 fully saturated rings. The molecule has 0 saturated carbocycles. The lowest BCUT2D eigenvalue weighted by Crippen LogP contribution is -2.05. The predicted molar refractivity (Wildman–Crippen MR) is 136 cm³/mol. The Morgan fingerprint density at radius 3 is 2.54 bits per heavy atom. The number of carboxylic acids is 1. The van der Waals surface area contributed by atoms with Crippen LogP contribution in [0.15, 0.2) is 77.1 Å². The predicted octanol–water partition coefficient (Wildman–Crippen LogP) is 7.24. The molecule has 2 N–H and O–H groups in total. The summed E-state index contributed by atoms with van der Waals surface area (Å²) in [6.45, 7) is 1.99. The largest absolute Gasteiger partial charge is 0.494 e. The van der Waals surface area contributed by atoms with Crippen LogP contribution in [0.3, 0.4) is 0 Å². The van der Waals surface area contributed by atoms with Gasteiger partial charge < -0.3 is 10.2 Å². The molecule has 0 bridgehead atoms. The molecule has 0 amide bonds. The van der Waals surface area contributed by atoms with E-state index >= 15 is 0 Å². The molecule has 0 unspecified atom stereocenters. The third kappa shape index (κ3) is 4.70. The third-order valence-corrected chi connectivity index (χ3v) is 6.55. The van der Waals surface area contributed by atoms with Gasteiger partial charge in [0.15, 0.2) is 0 Å². The fourth-order valence-electron chi connectivity index (χ4n) is 3.94. The Kier molecular flexibility index (Phi) is 6.04. The first-order chi connectivity index (χ1) is 17.6. The molecule has 0 aliphatic rings. The number of aromatic carboxylic acids is 1. The Bertz CT molecular complexity index is 1670. The van der Waals surface area contributed by atoms with Gasteiger partial charge in [-0.05, 0) is 37.3 Å². The maximum absolute atomic E-state index is 13.5. The molecule has 186 valence electrons. The number of carboxylic acid groups (broad SMARTS) is 1. The topological polar surface area (TPSA) is 87.7 Å². The fraction of sp³-hybridized carbons (Fsp3) is 0.0741. The van der Waals surface area contributed by atoms with Crippen molar-refractivity contribution in [2.24, 2.45) is 4.99 Å². The lowest BCUT2D eigenvalue weighted by molar-refractivity contribution is -0.137. The first kappa shape index (κ1) is 24.3. The number of benzene rings is 3. The molecule has 2 heterocycles. The van der Waals surface area contributed by atoms with Crippen molar-refractivity contribution in [3.8, 4) is 22.8 Å². The minimum Gasteiger partial charge on any atom is -0.494 e. The summed E-state index contributed by atoms with van der Waals surface area (Å²) in [5.41, 5.74) is 2.20. The highest BCUT2D eigenvalue weighted by Gasteiger charge is 2.31. The average molecular weight is 522 g/mol. The summed E-state index contributed by atoms with van der Waals surface area (Å²) >= 11 is 1.28. The molecule has 0 aliphatic carbocycles. The van der Waals surface area contributed by atoms with Crippen LogP contribution < -0.4 is 0 Å². The Labute approximate surface area is 212 Å². The van der Waals surface area contributed by atoms with E-state index in [0.29, 0.717) is 10.5 Å². The van der Waals surface area contributed by atoms with Crippen LogP contribution in [0.2, 0.25) is 0 Å². The number of hydrogen-bond donors (Lipinski definition) is 2. The lowest BCUT2D eigenvalue weighted by Gasteiger charge is -2.10. The Morgan fingerprint density at radius 2 is 1.84 bits per heavy atom. The summed E-state index contributed by atoms with van der Waals surface area (Å²) in [7, 11) is 0. The van der Waals surface area contributed by atoms with Gasteiger partial charge in [0.2, 0.25) is 11.0 Å². The van der Waals surface area contributed by atoms with Crippen molar-refractivity contribution in [2.75, 3.05) is 0 Å². The monoisotopic (exact) mass is 521 g/mol. The molecule has 37 heavy (non-hydrogen) atoms. The van der Waals surface area contributed by atoms with Crippen LogP contribution in [0.25, 0.3) is 27.8 Å². The molecule has 0 radical (unpaired) electrons. The second-order valence-electron chi connectivity index (χ2n) is 8.30. The minimum atomic E-state index is -4.61. The van der Waals surface area contributed by atoms with Crippen LogP contribution >= 0.6 is 11.3 Å². The summed E-state index contributed by atoms with van der Waals surface area (Å²) in [6.07, 6.45) is -3.26. The summed E-state index contributed by atoms with van der Waals surface area (Å²) in [5.74, 6) is -1.58. The van der Waals surface area contributed by atoms with Crippen LogP contribution in [0.1, 0.15) is 27.0 Å². The highest BCUT2D eigenvalue weighted by atomic mass is 32.1. The average Bonchev–Trinajstić information content (AvgIpc) is 3.44. The fourth-order valence-corrected chi connectivity index (χ4v) is 4.61. The van der Waals surface area contributed by atoms with Crippen LogP contribution in [0, 0.1) is 6.92 Å². The molecule has 0 aliphatic heterocycles. The molecule has 0 spiro atoms. The molecule has 6 nitrogen and oxygen atoms in total. The number of halogens is 3. The molecule has 5 aromatic rings. The minimum absolute atomic E-state index is 0.0517. The van der Waals surface area contributed by atoms with E-state index < -0.39 is 17.7 Å². The number of thiazole rings is 1. The first-order valence-corrected chi connectivity index (χ1v) is 11.8. The molecule has 2 aromatic heterocycles. The Hall–Kier alpha value is -4.44. The van der Waals surface area contributed by atoms with Gasteiger partial charge in [-0.1, -0.05) is 42.0 Å². The second kappa shape index (κ2) is 9.21. The van der Waals surface area contributed by atoms with Crippen LogP contribution in [0.5, 0.6) is 5.88 Å². The van der Waals surface area contributed by atoms with Gasteiger partial charge >= 0.3 is 12.1 Å². The number of aliphatic imine (C=N–C) groups is 1. The van der Waals surface area contributed by atoms with Gasteiger partial charge in [-0.25, -0.2) is 14.8 Å². The second-order valence-corrected chi connectivity index (χ2v) is 9.13. The Morgan fingerprint density at radius 1 is 1.08 bits per heavy atom. The number of hydrogen-bond acceptors (Lipinski definition) is 5. The van der Waals surface area contributed by atoms with Crippen molar-refractivity contribution in [2.45, 2.75) is 13.1 Å². The van der Waals surface area contributed by atoms with Gasteiger partial charge in [-0.3, -0.25) is 4.57 Å². The summed E-state index contributed by atoms with van der Waals surface area (Å²) in [5, 5.41) is 23.0. The van der Waals surface area contributed by atoms with Crippen molar-refractivity contribution in [1.29, 1.82) is 0 Å². The van der Waals surface area contributed by atoms with Gasteiger partial charge in [0, 0.05) is 28.2 Å². The van der Waals surface area contributed by atoms with E-state index in [1.54, 1.807) is 0 Å². The maximum Gasteiger partial charge on any atom is 0.416 e. The number of rotatable bonds is 5. The molecule has 0 saturated heterocycles. The first-order valence-electron chi connectivity index (χ1n) is 11.0. The SMILES string of the molecule is Cc1ccc(-c2csc(N=Cc3c(O)n(-c4cccc(C(=O)O)c4)c4cc(C(F)(F)F)ccc34)n2)cc1. The van der Waals surface area contributed by atoms with Gasteiger partial charge in [0.05, 0.1) is 27.9 Å². The zero-order valence-electron chi connectivity index (χ0n) is 19.2. The number of alkyl halides is 3. The highest BCUT2D eigenvalue weighted by molar-refractivity contribution is 7.13. The highest BCUT2D eigenvalue weighted by Crippen LogP contribution is 2.38. The van der Waals surface area contributed by atoms with E-state index in [0.717, 1.165) is 29.0 Å². The van der Waals surface area contributed by atoms with E-state index in [2.05, 4.69) is 9.98 Å². The van der Waals surface area contributed by atoms with Crippen molar-refractivity contribution in [3.63, 3.8) is 0 Å². The normalized spacial score (nSPS) is 12.0. The smallest absolute Gasteiger partial charge is 0.416 e. The zero-order chi connectivity index (χ0) is 26.3. The number of fused-ring (bicyclic) bond motifs is 1. The number of aromatic nitrogens is 2. The van der Waals surface area contributed by atoms with Gasteiger partial charge in [-0.2, -0.15) is 13.2 Å². The molecule has 10 heteroatoms. The number of nitrogens with zero attached hydrogens (tertiary/aromatic N) is 3. The van der Waals surface area contributed by atoms with Crippen molar-refractivity contribution >= 4 is 39.6 Å². The standard InChI is InChI=1S/C27H18F3N3O3S/c1-15-5-7-16(8-6-15)22-14-37-26(32-22)31-13-21-20-10-9-18(27(28,29)30)12-23(20)33(24(21)34)19-4-2-3-17(11-19)25(35)36/h2-14,34H,1H3,(H,35,36). The van der Waals surface area contributed by atoms with E-state index in [1.807, 2.05) is 36.6 Å². The van der Waals surface area contributed by atoms with Crippen LogP contribution in [-0.2, 0) is 6.18 Å². The summed E-state index contributed by atoms with van der Waals surface area (Å²) in [4.78, 5) is 20.3. The van der Waals surface area contributed by atoms with Gasteiger partial charge in [0.1, 0.15) is 0 Å². The van der Waals surface area contributed by atoms with Crippen LogP contribution in [0.4, 0.5) is 18.3 Å². The van der Waals surface area contributed by atoms with Crippen LogP contribution in [-0.4, -0.2) is 31.9 Å². The number of aryl methyl sites for hydroxylation is 1. The zero-order valence-corrected chi connectivity index (χ0v) is 20.0. The van der Waals surface area contributed by atoms with E-state index in [4.69, 9.17) is 0 Å². The van der Waals surface area contributed by atoms with Crippen molar-refractivity contribution in [3.05, 3.63) is 94.4 Å². The number of aromatic hydroxyl groups is 1. The third-order valence-electron chi connectivity index (χ3n) is 5.80. The number of carbonyl (C=O) groups is 1. The molecular formula is C27H18F3N3O3S. The van der Waals surface area contributed by atoms with E-state index in [-0.39, 0.29) is 28.2 Å². The summed E-state index contributed by atoms with van der Waals surface area (Å²) < 4.78 is 41.6. The molecular weight excluding hydrogens is 503 g/mol. The van der Waals surface area contributed by atoms with Crippen molar-refractivity contribution < 1.29 is 28.2 Å². The van der Waals surface area contributed by atoms with Gasteiger partial charge in [0.25, 0.3) is 0 Å². The quantitative estimate of drug-likeness (QED) is 0.239. The summed E-state index contributed by atoms with van der Waals surface area (Å²) in [6, 6.07) is 16.5. The molecule has 0 atom stereocenters. The van der Waals surface area contributed by atoms with E-state index in [9.17, 15) is 28.2 Å². The Balaban J connectivity index is 1.62.